The summed E-state index contributed by atoms with van der Waals surface area (Å²) in [6.45, 7) is 6.84. The standard InChI is InChI=1S/C23H33N5O2.HI/c1-24-23(25-11-5-7-13-28-12-6-4-10-22(28)29)26-18-20-8-2-3-9-21(20)19-27-14-16-30-17-15-27;/h2-4,6,8-10,12H,5,7,11,13-19H2,1H3,(H2,24,25,26);1H. The number of halogens is 1. The minimum atomic E-state index is 0. The molecule has 1 aliphatic rings. The molecule has 0 spiro atoms. The number of morpholine rings is 1. The minimum absolute atomic E-state index is 0. The third-order valence-electron chi connectivity index (χ3n) is 5.30. The van der Waals surface area contributed by atoms with E-state index in [-0.39, 0.29) is 29.5 Å². The van der Waals surface area contributed by atoms with Crippen LogP contribution in [-0.4, -0.2) is 55.3 Å². The van der Waals surface area contributed by atoms with Gasteiger partial charge in [-0.1, -0.05) is 30.3 Å². The zero-order chi connectivity index (χ0) is 21.0. The summed E-state index contributed by atoms with van der Waals surface area (Å²) in [6.07, 6.45) is 3.75. The number of ether oxygens (including phenoxy) is 1. The molecule has 0 amide bonds. The zero-order valence-corrected chi connectivity index (χ0v) is 20.6. The molecule has 2 N–H and O–H groups in total. The van der Waals surface area contributed by atoms with Crippen LogP contribution in [0.4, 0.5) is 0 Å². The van der Waals surface area contributed by atoms with Crippen molar-refractivity contribution >= 4 is 29.9 Å². The normalized spacial score (nSPS) is 14.7. The number of rotatable bonds is 9. The van der Waals surface area contributed by atoms with Gasteiger partial charge in [-0.05, 0) is 30.0 Å². The maximum Gasteiger partial charge on any atom is 0.250 e. The number of aryl methyl sites for hydroxylation is 1. The van der Waals surface area contributed by atoms with Crippen LogP contribution in [0.5, 0.6) is 0 Å². The summed E-state index contributed by atoms with van der Waals surface area (Å²) < 4.78 is 7.20. The van der Waals surface area contributed by atoms with Crippen LogP contribution < -0.4 is 16.2 Å². The molecule has 2 heterocycles. The van der Waals surface area contributed by atoms with Gasteiger partial charge in [0.1, 0.15) is 0 Å². The third-order valence-corrected chi connectivity index (χ3v) is 5.30. The Morgan fingerprint density at radius 2 is 1.77 bits per heavy atom. The summed E-state index contributed by atoms with van der Waals surface area (Å²) in [4.78, 5) is 18.5. The number of hydrogen-bond acceptors (Lipinski definition) is 4. The highest BCUT2D eigenvalue weighted by Crippen LogP contribution is 2.13. The fourth-order valence-corrected chi connectivity index (χ4v) is 3.54. The minimum Gasteiger partial charge on any atom is -0.379 e. The maximum absolute atomic E-state index is 11.7. The molecule has 0 radical (unpaired) electrons. The molecule has 0 saturated carbocycles. The van der Waals surface area contributed by atoms with Crippen LogP contribution >= 0.6 is 24.0 Å². The van der Waals surface area contributed by atoms with E-state index in [2.05, 4.69) is 44.8 Å². The van der Waals surface area contributed by atoms with Crippen molar-refractivity contribution in [2.45, 2.75) is 32.5 Å². The average molecular weight is 539 g/mol. The predicted molar refractivity (Wildman–Crippen MR) is 136 cm³/mol. The van der Waals surface area contributed by atoms with Crippen molar-refractivity contribution in [2.24, 2.45) is 4.99 Å². The van der Waals surface area contributed by atoms with Gasteiger partial charge in [0.2, 0.25) is 5.56 Å². The summed E-state index contributed by atoms with van der Waals surface area (Å²) >= 11 is 0. The highest BCUT2D eigenvalue weighted by Gasteiger charge is 2.12. The topological polar surface area (TPSA) is 70.9 Å². The van der Waals surface area contributed by atoms with Gasteiger partial charge in [0.25, 0.3) is 0 Å². The Morgan fingerprint density at radius 1 is 1.03 bits per heavy atom. The number of guanidine groups is 1. The van der Waals surface area contributed by atoms with E-state index < -0.39 is 0 Å². The number of unbranched alkanes of at least 4 members (excludes halogenated alkanes) is 1. The summed E-state index contributed by atoms with van der Waals surface area (Å²) in [6, 6.07) is 13.8. The molecule has 1 aromatic heterocycles. The number of pyridine rings is 1. The van der Waals surface area contributed by atoms with Crippen LogP contribution in [-0.2, 0) is 24.4 Å². The Bertz CT molecular complexity index is 865. The van der Waals surface area contributed by atoms with E-state index in [0.29, 0.717) is 0 Å². The monoisotopic (exact) mass is 539 g/mol. The predicted octanol–water partition coefficient (Wildman–Crippen LogP) is 2.44. The molecular weight excluding hydrogens is 505 g/mol. The van der Waals surface area contributed by atoms with Crippen molar-refractivity contribution in [3.8, 4) is 0 Å². The molecule has 1 aromatic carbocycles. The second-order valence-electron chi connectivity index (χ2n) is 7.45. The van der Waals surface area contributed by atoms with E-state index >= 15 is 0 Å². The van der Waals surface area contributed by atoms with Gasteiger partial charge >= 0.3 is 0 Å². The molecule has 170 valence electrons. The quantitative estimate of drug-likeness (QED) is 0.222. The maximum atomic E-state index is 11.7. The van der Waals surface area contributed by atoms with E-state index in [4.69, 9.17) is 4.74 Å². The fourth-order valence-electron chi connectivity index (χ4n) is 3.54. The van der Waals surface area contributed by atoms with Gasteiger partial charge in [0, 0.05) is 58.6 Å². The van der Waals surface area contributed by atoms with Crippen LogP contribution in [0.25, 0.3) is 0 Å². The first-order valence-corrected chi connectivity index (χ1v) is 10.7. The van der Waals surface area contributed by atoms with Gasteiger partial charge in [-0.15, -0.1) is 24.0 Å². The zero-order valence-electron chi connectivity index (χ0n) is 18.3. The Labute approximate surface area is 201 Å². The van der Waals surface area contributed by atoms with Gasteiger partial charge in [-0.25, -0.2) is 0 Å². The molecule has 2 aromatic rings. The number of nitrogens with one attached hydrogen (secondary N) is 2. The largest absolute Gasteiger partial charge is 0.379 e. The lowest BCUT2D eigenvalue weighted by Gasteiger charge is -2.27. The van der Waals surface area contributed by atoms with Gasteiger partial charge in [0.15, 0.2) is 5.96 Å². The van der Waals surface area contributed by atoms with Crippen molar-refractivity contribution in [3.05, 3.63) is 70.1 Å². The van der Waals surface area contributed by atoms with E-state index in [1.807, 2.05) is 12.3 Å². The number of aliphatic imine (C=N–C) groups is 1. The first-order valence-electron chi connectivity index (χ1n) is 10.7. The van der Waals surface area contributed by atoms with Crippen molar-refractivity contribution in [1.82, 2.24) is 20.1 Å². The lowest BCUT2D eigenvalue weighted by molar-refractivity contribution is 0.0341. The molecule has 1 aliphatic heterocycles. The summed E-state index contributed by atoms with van der Waals surface area (Å²) in [7, 11) is 1.79. The Kier molecular flexibility index (Phi) is 11.6. The molecule has 7 nitrogen and oxygen atoms in total. The summed E-state index contributed by atoms with van der Waals surface area (Å²) in [5.74, 6) is 0.799. The molecule has 31 heavy (non-hydrogen) atoms. The molecule has 3 rings (SSSR count). The van der Waals surface area contributed by atoms with E-state index in [9.17, 15) is 4.79 Å². The third kappa shape index (κ3) is 8.62. The van der Waals surface area contributed by atoms with Crippen molar-refractivity contribution in [3.63, 3.8) is 0 Å². The summed E-state index contributed by atoms with van der Waals surface area (Å²) in [5.41, 5.74) is 2.68. The first-order chi connectivity index (χ1) is 14.8. The average Bonchev–Trinajstić information content (AvgIpc) is 2.78. The molecule has 8 heteroatoms. The van der Waals surface area contributed by atoms with Gasteiger partial charge in [-0.3, -0.25) is 14.7 Å². The Morgan fingerprint density at radius 3 is 2.52 bits per heavy atom. The SMILES string of the molecule is CN=C(NCCCCn1ccccc1=O)NCc1ccccc1CN1CCOCC1.I. The van der Waals surface area contributed by atoms with E-state index in [1.165, 1.54) is 11.1 Å². The van der Waals surface area contributed by atoms with Crippen LogP contribution in [0, 0.1) is 0 Å². The molecule has 1 fully saturated rings. The van der Waals surface area contributed by atoms with Crippen LogP contribution in [0.3, 0.4) is 0 Å². The lowest BCUT2D eigenvalue weighted by Crippen LogP contribution is -2.38. The Hall–Kier alpha value is -1.91. The number of hydrogen-bond donors (Lipinski definition) is 2. The van der Waals surface area contributed by atoms with Crippen molar-refractivity contribution in [1.29, 1.82) is 0 Å². The first kappa shape index (κ1) is 25.4. The summed E-state index contributed by atoms with van der Waals surface area (Å²) in [5, 5.41) is 6.79. The second-order valence-corrected chi connectivity index (χ2v) is 7.45. The molecular formula is C23H34IN5O2. The molecule has 0 atom stereocenters. The van der Waals surface area contributed by atoms with Crippen molar-refractivity contribution < 1.29 is 4.74 Å². The Balaban J connectivity index is 0.00000341. The van der Waals surface area contributed by atoms with Crippen LogP contribution in [0.15, 0.2) is 58.4 Å². The lowest BCUT2D eigenvalue weighted by atomic mass is 10.1. The van der Waals surface area contributed by atoms with E-state index in [1.54, 1.807) is 23.7 Å². The smallest absolute Gasteiger partial charge is 0.250 e. The van der Waals surface area contributed by atoms with E-state index in [0.717, 1.165) is 71.3 Å². The van der Waals surface area contributed by atoms with Crippen LogP contribution in [0.2, 0.25) is 0 Å². The number of nitrogens with zero attached hydrogens (tertiary/aromatic N) is 3. The molecule has 0 unspecified atom stereocenters. The molecule has 0 aliphatic carbocycles. The van der Waals surface area contributed by atoms with Gasteiger partial charge in [0.05, 0.1) is 13.2 Å². The molecule has 0 bridgehead atoms. The van der Waals surface area contributed by atoms with Gasteiger partial charge < -0.3 is 19.9 Å². The highest BCUT2D eigenvalue weighted by molar-refractivity contribution is 14.0. The highest BCUT2D eigenvalue weighted by atomic mass is 127. The van der Waals surface area contributed by atoms with Crippen molar-refractivity contribution in [2.75, 3.05) is 39.9 Å². The molecule has 1 saturated heterocycles. The number of aromatic nitrogens is 1. The van der Waals surface area contributed by atoms with Gasteiger partial charge in [-0.2, -0.15) is 0 Å². The fraction of sp³-hybridized carbons (Fsp3) is 0.478. The van der Waals surface area contributed by atoms with Crippen LogP contribution in [0.1, 0.15) is 24.0 Å². The number of benzene rings is 1. The second kappa shape index (κ2) is 14.2.